The summed E-state index contributed by atoms with van der Waals surface area (Å²) in [4.78, 5) is 185. The maximum Gasteiger partial charge on any atom is 0.368 e. The second-order valence-corrected chi connectivity index (χ2v) is 29.5. The minimum atomic E-state index is -1.11. The number of nitriles is 1. The number of nitrogens with two attached hydrogens (primary N) is 1. The van der Waals surface area contributed by atoms with Crippen LogP contribution in [0.1, 0.15) is 219 Å². The lowest BCUT2D eigenvalue weighted by molar-refractivity contribution is -0.179. The Hall–Kier alpha value is -6.79. The van der Waals surface area contributed by atoms with Crippen LogP contribution < -0.4 is 11.1 Å². The first kappa shape index (κ1) is 114. The summed E-state index contributed by atoms with van der Waals surface area (Å²) in [5.74, 6) is -6.10. The van der Waals surface area contributed by atoms with Gasteiger partial charge in [0.15, 0.2) is 0 Å². The minimum Gasteiger partial charge on any atom is -0.481 e. The van der Waals surface area contributed by atoms with Crippen LogP contribution in [0.5, 0.6) is 0 Å². The summed E-state index contributed by atoms with van der Waals surface area (Å²) in [5, 5.41) is 19.4. The molecule has 4 N–H and O–H groups in total. The van der Waals surface area contributed by atoms with Gasteiger partial charge in [0.25, 0.3) is 11.8 Å². The first-order chi connectivity index (χ1) is 47.7. The number of ether oxygens (including phenoxy) is 8. The summed E-state index contributed by atoms with van der Waals surface area (Å²) >= 11 is 6.17. The van der Waals surface area contributed by atoms with E-state index in [-0.39, 0.29) is 141 Å². The number of Topliss-reactive ketones (excluding diaryl/α,β-unsaturated/α-hetero) is 3. The SMILES string of the molecule is CC#N.CC(=O)CN(CC(=O)OC(C)(C)C)C(=O)CCC(=O)O.CC(=O)CN(CC(=O)OC(C)(C)C)C(=O)CCC(=O)OCOC(C)=O.CC(=O)CNCC(=O)OC(C)(C)C.CC(C)(C)OC(=O)CBr.CC(C)(C)OC(=O)CN.CCN(C(C)C)C(C)C.CCSC(=O)OCI.CON1C(=O)CCC1=O. The molecule has 610 valence electrons. The molecule has 1 aliphatic rings. The van der Waals surface area contributed by atoms with E-state index in [0.29, 0.717) is 16.7 Å². The number of nitrogens with zero attached hydrogens (tertiary/aromatic N) is 5. The molecule has 0 unspecified atom stereocenters. The molecule has 0 saturated carbocycles. The van der Waals surface area contributed by atoms with E-state index in [1.54, 1.807) is 89.2 Å². The number of rotatable bonds is 28. The Morgan fingerprint density at radius 1 is 0.571 bits per heavy atom. The summed E-state index contributed by atoms with van der Waals surface area (Å²) in [5.41, 5.74) is 2.37. The molecule has 1 fully saturated rings. The smallest absolute Gasteiger partial charge is 0.368 e. The van der Waals surface area contributed by atoms with Crippen molar-refractivity contribution >= 4 is 144 Å². The number of hydroxylamine groups is 2. The third kappa shape index (κ3) is 89.5. The summed E-state index contributed by atoms with van der Waals surface area (Å²) in [6.07, 6.45) is -0.565. The van der Waals surface area contributed by atoms with E-state index < -0.39 is 77.4 Å². The van der Waals surface area contributed by atoms with Crippen LogP contribution >= 0.6 is 50.3 Å². The zero-order valence-corrected chi connectivity index (χ0v) is 71.6. The van der Waals surface area contributed by atoms with E-state index in [4.69, 9.17) is 39.8 Å². The van der Waals surface area contributed by atoms with E-state index in [9.17, 15) is 76.7 Å². The Morgan fingerprint density at radius 2 is 0.933 bits per heavy atom. The molecule has 0 aromatic rings. The summed E-state index contributed by atoms with van der Waals surface area (Å²) in [6.45, 7) is 45.8. The van der Waals surface area contributed by atoms with Gasteiger partial charge in [0.2, 0.25) is 18.6 Å². The number of carboxylic acid groups (broad SMARTS) is 1. The topological polar surface area (TPSA) is 451 Å². The van der Waals surface area contributed by atoms with Crippen molar-refractivity contribution in [3.8, 4) is 6.07 Å². The number of ketones is 3. The van der Waals surface area contributed by atoms with Gasteiger partial charge in [-0.15, -0.1) is 0 Å². The van der Waals surface area contributed by atoms with Gasteiger partial charge in [-0.25, -0.2) is 4.79 Å². The molecule has 36 heteroatoms. The third-order valence-corrected chi connectivity index (χ3v) is 11.5. The zero-order chi connectivity index (χ0) is 84.4. The quantitative estimate of drug-likeness (QED) is 0.0165. The van der Waals surface area contributed by atoms with Crippen LogP contribution in [-0.4, -0.2) is 241 Å². The van der Waals surface area contributed by atoms with Gasteiger partial charge in [0.05, 0.1) is 58.7 Å². The number of nitrogens with one attached hydrogen (secondary N) is 1. The van der Waals surface area contributed by atoms with Crippen LogP contribution in [0, 0.1) is 11.3 Å². The molecule has 33 nitrogen and oxygen atoms in total. The Bertz CT molecular complexity index is 2640. The molecular weight excluding hydrogens is 1580 g/mol. The number of aliphatic carboxylic acids is 1. The fourth-order valence-corrected chi connectivity index (χ4v) is 7.80. The minimum absolute atomic E-state index is 0.00330. The molecule has 0 aliphatic carbocycles. The number of esters is 7. The van der Waals surface area contributed by atoms with Crippen molar-refractivity contribution in [2.75, 3.05) is 82.0 Å². The second kappa shape index (κ2) is 63.3. The number of amides is 4. The number of carbonyl (C=O) groups is 16. The molecule has 0 aromatic heterocycles. The van der Waals surface area contributed by atoms with E-state index in [0.717, 1.165) is 34.1 Å². The van der Waals surface area contributed by atoms with Crippen molar-refractivity contribution < 1.29 is 125 Å². The molecule has 1 aliphatic heterocycles. The van der Waals surface area contributed by atoms with Gasteiger partial charge < -0.3 is 63.9 Å². The zero-order valence-electron chi connectivity index (χ0n) is 67.0. The molecule has 0 atom stereocenters. The molecule has 0 spiro atoms. The molecule has 0 bridgehead atoms. The molecule has 1 heterocycles. The lowest BCUT2D eigenvalue weighted by atomic mass is 10.2. The third-order valence-electron chi connectivity index (χ3n) is 10.1. The number of alkyl halides is 2. The summed E-state index contributed by atoms with van der Waals surface area (Å²) in [6, 6.07) is 3.13. The number of carbonyl (C=O) groups excluding carboxylic acids is 15. The first-order valence-corrected chi connectivity index (χ1v) is 36.8. The van der Waals surface area contributed by atoms with Gasteiger partial charge in [-0.3, -0.25) is 81.7 Å². The Morgan fingerprint density at radius 3 is 1.18 bits per heavy atom. The number of hydrogen-bond acceptors (Lipinski definition) is 30. The van der Waals surface area contributed by atoms with Gasteiger partial charge in [0.1, 0.15) is 68.4 Å². The fraction of sp³-hybridized carbons (Fsp3) is 0.754. The van der Waals surface area contributed by atoms with E-state index in [2.05, 4.69) is 79.8 Å². The highest BCUT2D eigenvalue weighted by atomic mass is 127. The van der Waals surface area contributed by atoms with Crippen LogP contribution in [0.15, 0.2) is 0 Å². The van der Waals surface area contributed by atoms with Gasteiger partial charge in [-0.2, -0.15) is 10.3 Å². The number of halogens is 2. The molecule has 105 heavy (non-hydrogen) atoms. The molecule has 4 amide bonds. The monoisotopic (exact) mass is 1700 g/mol. The summed E-state index contributed by atoms with van der Waals surface area (Å²) in [7, 11) is 1.31. The predicted octanol–water partition coefficient (Wildman–Crippen LogP) is 8.34. The van der Waals surface area contributed by atoms with Crippen LogP contribution in [0.4, 0.5) is 4.79 Å². The van der Waals surface area contributed by atoms with Crippen molar-refractivity contribution in [3.63, 3.8) is 0 Å². The van der Waals surface area contributed by atoms with Gasteiger partial charge >= 0.3 is 53.1 Å². The van der Waals surface area contributed by atoms with Gasteiger partial charge in [0, 0.05) is 57.4 Å². The Labute approximate surface area is 648 Å². The first-order valence-electron chi connectivity index (χ1n) is 33.1. The highest BCUT2D eigenvalue weighted by Crippen LogP contribution is 2.14. The van der Waals surface area contributed by atoms with Crippen LogP contribution in [0.2, 0.25) is 0 Å². The lowest BCUT2D eigenvalue weighted by Gasteiger charge is -2.28. The maximum absolute atomic E-state index is 12.1. The number of imide groups is 1. The average molecular weight is 1710 g/mol. The number of hydrogen-bond donors (Lipinski definition) is 3. The van der Waals surface area contributed by atoms with Gasteiger partial charge in [-0.05, 0) is 193 Å². The Kier molecular flexibility index (Phi) is 68.8. The van der Waals surface area contributed by atoms with E-state index in [1.165, 1.54) is 46.6 Å². The molecule has 1 saturated heterocycles. The standard InChI is InChI=1S/C16H25NO8.C13H21NO6.C9H17NO3.C8H19N.C6H11BrO2.C6H13NO2.C5H7NO3.C4H7IO2S.C2H3N/c1-11(18)8-17(9-15(22)25-16(3,4)5)13(20)6-7-14(21)24-10-23-12(2)19;1-9(15)7-14(10(16)5-6-11(17)18)8-12(19)20-13(2,3)4;1-7(11)5-10-6-8(12)13-9(2,3)4;1-6-9(7(2)3)8(4)5;2*1-6(2,3)9-5(8)4-7;1-9-6-4(7)2-3-5(6)8;1-2-8-4(6)7-3-5;1-2-3/h6-10H2,1-5H3;5-8H2,1-4H3,(H,17,18);10H,5-6H2,1-4H3;7-8H,6H2,1-5H3;4H2,1-3H3;4,7H2,1-3H3;2-3H2,1H3;2-3H2,1H3;1H3. The fourth-order valence-electron chi connectivity index (χ4n) is 6.81. The highest BCUT2D eigenvalue weighted by molar-refractivity contribution is 14.1. The lowest BCUT2D eigenvalue weighted by Crippen LogP contribution is -2.41. The normalized spacial score (nSPS) is 11.3. The summed E-state index contributed by atoms with van der Waals surface area (Å²) < 4.78 is 39.0. The molecular formula is C69H123BrIN7O26S. The second-order valence-electron chi connectivity index (χ2n) is 27.1. The highest BCUT2D eigenvalue weighted by Gasteiger charge is 2.29. The average Bonchev–Trinajstić information content (AvgIpc) is 1.82. The van der Waals surface area contributed by atoms with Crippen molar-refractivity contribution in [3.05, 3.63) is 0 Å². The van der Waals surface area contributed by atoms with E-state index >= 15 is 0 Å². The van der Waals surface area contributed by atoms with Crippen molar-refractivity contribution in [2.45, 2.75) is 259 Å². The van der Waals surface area contributed by atoms with Crippen LogP contribution in [-0.2, 0) is 115 Å². The predicted molar refractivity (Wildman–Crippen MR) is 405 cm³/mol. The molecule has 0 radical (unpaired) electrons. The van der Waals surface area contributed by atoms with Crippen molar-refractivity contribution in [2.24, 2.45) is 5.73 Å². The van der Waals surface area contributed by atoms with Crippen molar-refractivity contribution in [1.29, 1.82) is 5.26 Å². The van der Waals surface area contributed by atoms with Gasteiger partial charge in [-0.1, -0.05) is 29.8 Å². The van der Waals surface area contributed by atoms with E-state index in [1.807, 2.05) is 50.3 Å². The van der Waals surface area contributed by atoms with Crippen LogP contribution in [0.25, 0.3) is 0 Å². The number of carboxylic acids is 1. The van der Waals surface area contributed by atoms with Crippen molar-refractivity contribution in [1.82, 2.24) is 25.1 Å². The Balaban J connectivity index is -0.000000176. The van der Waals surface area contributed by atoms with Crippen LogP contribution in [0.3, 0.4) is 0 Å². The number of thioether (sulfide) groups is 1. The maximum atomic E-state index is 12.1. The molecule has 0 aromatic carbocycles. The largest absolute Gasteiger partial charge is 0.481 e. The molecule has 1 rings (SSSR count).